The lowest BCUT2D eigenvalue weighted by molar-refractivity contribution is -0.130. The van der Waals surface area contributed by atoms with Gasteiger partial charge >= 0.3 is 0 Å². The van der Waals surface area contributed by atoms with Crippen molar-refractivity contribution in [3.63, 3.8) is 0 Å². The SMILES string of the molecule is CC(=O)N(CCNC(=O)C1CCCO1)c1c(F)cccc1F. The zero-order valence-corrected chi connectivity index (χ0v) is 12.3. The van der Waals surface area contributed by atoms with Crippen LogP contribution >= 0.6 is 0 Å². The highest BCUT2D eigenvalue weighted by Crippen LogP contribution is 2.23. The first-order valence-electron chi connectivity index (χ1n) is 7.12. The molecule has 1 fully saturated rings. The minimum Gasteiger partial charge on any atom is -0.368 e. The van der Waals surface area contributed by atoms with Crippen LogP contribution in [0, 0.1) is 11.6 Å². The van der Waals surface area contributed by atoms with Crippen LogP contribution in [0.2, 0.25) is 0 Å². The van der Waals surface area contributed by atoms with Gasteiger partial charge in [-0.3, -0.25) is 9.59 Å². The maximum absolute atomic E-state index is 13.8. The van der Waals surface area contributed by atoms with Gasteiger partial charge < -0.3 is 15.0 Å². The number of hydrogen-bond donors (Lipinski definition) is 1. The van der Waals surface area contributed by atoms with Crippen molar-refractivity contribution in [3.8, 4) is 0 Å². The van der Waals surface area contributed by atoms with Crippen LogP contribution in [0.15, 0.2) is 18.2 Å². The molecule has 2 rings (SSSR count). The molecule has 0 spiro atoms. The van der Waals surface area contributed by atoms with E-state index >= 15 is 0 Å². The van der Waals surface area contributed by atoms with Crippen molar-refractivity contribution in [2.45, 2.75) is 25.9 Å². The highest BCUT2D eigenvalue weighted by Gasteiger charge is 2.24. The predicted octanol–water partition coefficient (Wildman–Crippen LogP) is 1.61. The molecule has 1 aromatic rings. The van der Waals surface area contributed by atoms with E-state index in [0.29, 0.717) is 13.0 Å². The van der Waals surface area contributed by atoms with Crippen LogP contribution in [0.5, 0.6) is 0 Å². The maximum atomic E-state index is 13.8. The molecule has 0 saturated carbocycles. The fraction of sp³-hybridized carbons (Fsp3) is 0.467. The van der Waals surface area contributed by atoms with E-state index in [0.717, 1.165) is 23.5 Å². The zero-order valence-electron chi connectivity index (χ0n) is 12.3. The largest absolute Gasteiger partial charge is 0.368 e. The number of para-hydroxylation sites is 1. The summed E-state index contributed by atoms with van der Waals surface area (Å²) in [6.07, 6.45) is 1.01. The number of anilines is 1. The number of carbonyl (C=O) groups is 2. The third kappa shape index (κ3) is 3.79. The van der Waals surface area contributed by atoms with Gasteiger partial charge in [0.2, 0.25) is 11.8 Å². The Kier molecular flexibility index (Phi) is 5.43. The maximum Gasteiger partial charge on any atom is 0.249 e. The molecule has 120 valence electrons. The van der Waals surface area contributed by atoms with Gasteiger partial charge in [-0.2, -0.15) is 0 Å². The summed E-state index contributed by atoms with van der Waals surface area (Å²) < 4.78 is 32.7. The Morgan fingerprint density at radius 2 is 2.05 bits per heavy atom. The third-order valence-electron chi connectivity index (χ3n) is 3.44. The molecular weight excluding hydrogens is 294 g/mol. The van der Waals surface area contributed by atoms with Gasteiger partial charge in [-0.15, -0.1) is 0 Å². The van der Waals surface area contributed by atoms with Gasteiger partial charge in [-0.05, 0) is 25.0 Å². The van der Waals surface area contributed by atoms with E-state index in [9.17, 15) is 18.4 Å². The second kappa shape index (κ2) is 7.31. The van der Waals surface area contributed by atoms with Crippen molar-refractivity contribution in [1.82, 2.24) is 5.32 Å². The summed E-state index contributed by atoms with van der Waals surface area (Å²) in [7, 11) is 0. The van der Waals surface area contributed by atoms with Crippen LogP contribution in [0.3, 0.4) is 0 Å². The number of carbonyl (C=O) groups excluding carboxylic acids is 2. The molecule has 1 aliphatic rings. The van der Waals surface area contributed by atoms with Crippen LogP contribution in [0.25, 0.3) is 0 Å². The highest BCUT2D eigenvalue weighted by molar-refractivity contribution is 5.91. The lowest BCUT2D eigenvalue weighted by Gasteiger charge is -2.22. The summed E-state index contributed by atoms with van der Waals surface area (Å²) in [4.78, 5) is 24.4. The Morgan fingerprint density at radius 3 is 2.59 bits per heavy atom. The summed E-state index contributed by atoms with van der Waals surface area (Å²) in [5.74, 6) is -2.41. The Balaban J connectivity index is 1.98. The molecule has 5 nitrogen and oxygen atoms in total. The molecule has 0 aromatic heterocycles. The molecular formula is C15H18F2N2O3. The van der Waals surface area contributed by atoms with E-state index in [1.54, 1.807) is 0 Å². The second-order valence-corrected chi connectivity index (χ2v) is 5.03. The van der Waals surface area contributed by atoms with E-state index in [2.05, 4.69) is 5.32 Å². The first-order chi connectivity index (χ1) is 10.5. The van der Waals surface area contributed by atoms with Crippen molar-refractivity contribution in [3.05, 3.63) is 29.8 Å². The van der Waals surface area contributed by atoms with E-state index in [1.807, 2.05) is 0 Å². The predicted molar refractivity (Wildman–Crippen MR) is 76.4 cm³/mol. The van der Waals surface area contributed by atoms with Gasteiger partial charge in [0.25, 0.3) is 0 Å². The Morgan fingerprint density at radius 1 is 1.36 bits per heavy atom. The van der Waals surface area contributed by atoms with E-state index in [-0.39, 0.29) is 19.0 Å². The molecule has 1 atom stereocenters. The van der Waals surface area contributed by atoms with E-state index in [4.69, 9.17) is 4.74 Å². The fourth-order valence-electron chi connectivity index (χ4n) is 2.36. The molecule has 0 bridgehead atoms. The average molecular weight is 312 g/mol. The Labute approximate surface area is 127 Å². The lowest BCUT2D eigenvalue weighted by Crippen LogP contribution is -2.41. The molecule has 1 aliphatic heterocycles. The molecule has 0 aliphatic carbocycles. The number of rotatable bonds is 5. The minimum absolute atomic E-state index is 0.0222. The number of hydrogen-bond acceptors (Lipinski definition) is 3. The van der Waals surface area contributed by atoms with Gasteiger partial charge in [0.15, 0.2) is 0 Å². The Bertz CT molecular complexity index is 539. The van der Waals surface area contributed by atoms with Crippen LogP contribution in [-0.4, -0.2) is 37.6 Å². The number of nitrogens with zero attached hydrogens (tertiary/aromatic N) is 1. The number of nitrogens with one attached hydrogen (secondary N) is 1. The molecule has 1 heterocycles. The molecule has 22 heavy (non-hydrogen) atoms. The van der Waals surface area contributed by atoms with E-state index < -0.39 is 29.3 Å². The van der Waals surface area contributed by atoms with Gasteiger partial charge in [0.1, 0.15) is 23.4 Å². The van der Waals surface area contributed by atoms with Crippen LogP contribution in [0.1, 0.15) is 19.8 Å². The number of ether oxygens (including phenoxy) is 1. The molecule has 1 N–H and O–H groups in total. The van der Waals surface area contributed by atoms with Crippen molar-refractivity contribution < 1.29 is 23.1 Å². The minimum atomic E-state index is -0.819. The van der Waals surface area contributed by atoms with Crippen LogP contribution in [0.4, 0.5) is 14.5 Å². The summed E-state index contributed by atoms with van der Waals surface area (Å²) in [5, 5.41) is 2.62. The topological polar surface area (TPSA) is 58.6 Å². The summed E-state index contributed by atoms with van der Waals surface area (Å²) in [6.45, 7) is 1.84. The average Bonchev–Trinajstić information content (AvgIpc) is 2.99. The zero-order chi connectivity index (χ0) is 16.1. The third-order valence-corrected chi connectivity index (χ3v) is 3.44. The van der Waals surface area contributed by atoms with Crippen molar-refractivity contribution in [1.29, 1.82) is 0 Å². The fourth-order valence-corrected chi connectivity index (χ4v) is 2.36. The van der Waals surface area contributed by atoms with Crippen molar-refractivity contribution in [2.75, 3.05) is 24.6 Å². The van der Waals surface area contributed by atoms with Gasteiger partial charge in [-0.1, -0.05) is 6.07 Å². The monoisotopic (exact) mass is 312 g/mol. The first-order valence-corrected chi connectivity index (χ1v) is 7.12. The summed E-state index contributed by atoms with van der Waals surface area (Å²) in [6, 6.07) is 3.39. The van der Waals surface area contributed by atoms with Gasteiger partial charge in [0.05, 0.1) is 0 Å². The standard InChI is InChI=1S/C15H18F2N2O3/c1-10(20)19(14-11(16)4-2-5-12(14)17)8-7-18-15(21)13-6-3-9-22-13/h2,4-5,13H,3,6-9H2,1H3,(H,18,21). The van der Waals surface area contributed by atoms with Crippen molar-refractivity contribution >= 4 is 17.5 Å². The first kappa shape index (κ1) is 16.4. The van der Waals surface area contributed by atoms with Gasteiger partial charge in [0, 0.05) is 26.6 Å². The smallest absolute Gasteiger partial charge is 0.249 e. The van der Waals surface area contributed by atoms with E-state index in [1.165, 1.54) is 13.0 Å². The molecule has 0 radical (unpaired) electrons. The highest BCUT2D eigenvalue weighted by atomic mass is 19.1. The van der Waals surface area contributed by atoms with Crippen LogP contribution in [-0.2, 0) is 14.3 Å². The summed E-state index contributed by atoms with van der Waals surface area (Å²) >= 11 is 0. The second-order valence-electron chi connectivity index (χ2n) is 5.03. The summed E-state index contributed by atoms with van der Waals surface area (Å²) in [5.41, 5.74) is -0.402. The molecule has 1 saturated heterocycles. The molecule has 1 aromatic carbocycles. The quantitative estimate of drug-likeness (QED) is 0.899. The number of benzene rings is 1. The molecule has 7 heteroatoms. The Hall–Kier alpha value is -2.02. The normalized spacial score (nSPS) is 17.3. The number of halogens is 2. The lowest BCUT2D eigenvalue weighted by atomic mass is 10.2. The number of amides is 2. The molecule has 2 amide bonds. The van der Waals surface area contributed by atoms with Gasteiger partial charge in [-0.25, -0.2) is 8.78 Å². The molecule has 1 unspecified atom stereocenters. The van der Waals surface area contributed by atoms with Crippen LogP contribution < -0.4 is 10.2 Å². The van der Waals surface area contributed by atoms with Crippen molar-refractivity contribution in [2.24, 2.45) is 0 Å².